The maximum Gasteiger partial charge on any atom is 0.152 e. The zero-order chi connectivity index (χ0) is 24.7. The van der Waals surface area contributed by atoms with E-state index in [1.54, 1.807) is 13.3 Å². The van der Waals surface area contributed by atoms with Gasteiger partial charge < -0.3 is 20.1 Å². The predicted octanol–water partition coefficient (Wildman–Crippen LogP) is 5.50. The lowest BCUT2D eigenvalue weighted by atomic mass is 9.82. The van der Waals surface area contributed by atoms with Gasteiger partial charge in [-0.1, -0.05) is 18.5 Å². The van der Waals surface area contributed by atoms with Crippen molar-refractivity contribution in [3.05, 3.63) is 41.2 Å². The first kappa shape index (κ1) is 26.3. The van der Waals surface area contributed by atoms with Gasteiger partial charge in [0.05, 0.1) is 18.5 Å². The molecule has 6 nitrogen and oxygen atoms in total. The van der Waals surface area contributed by atoms with Crippen molar-refractivity contribution in [1.82, 2.24) is 15.3 Å². The first-order valence-corrected chi connectivity index (χ1v) is 13.2. The highest BCUT2D eigenvalue weighted by atomic mass is 35.5. The van der Waals surface area contributed by atoms with Crippen LogP contribution >= 0.6 is 11.6 Å². The monoisotopic (exact) mass is 504 g/mol. The Morgan fingerprint density at radius 3 is 2.66 bits per heavy atom. The van der Waals surface area contributed by atoms with Crippen LogP contribution in [0.3, 0.4) is 0 Å². The molecule has 3 heterocycles. The van der Waals surface area contributed by atoms with E-state index >= 15 is 0 Å². The van der Waals surface area contributed by atoms with Gasteiger partial charge in [-0.15, -0.1) is 0 Å². The van der Waals surface area contributed by atoms with E-state index in [9.17, 15) is 4.39 Å². The summed E-state index contributed by atoms with van der Waals surface area (Å²) in [5.74, 6) is 0.230. The van der Waals surface area contributed by atoms with Crippen LogP contribution in [0.25, 0.3) is 11.1 Å². The van der Waals surface area contributed by atoms with E-state index in [1.807, 2.05) is 12.1 Å². The van der Waals surface area contributed by atoms with E-state index < -0.39 is 0 Å². The second-order valence-corrected chi connectivity index (χ2v) is 10.7. The molecule has 0 atom stereocenters. The van der Waals surface area contributed by atoms with Crippen LogP contribution in [0.5, 0.6) is 0 Å². The molecule has 1 aliphatic heterocycles. The Morgan fingerprint density at radius 2 is 1.91 bits per heavy atom. The Labute approximate surface area is 213 Å². The Hall–Kier alpha value is -1.80. The van der Waals surface area contributed by atoms with Gasteiger partial charge in [0.1, 0.15) is 5.82 Å². The van der Waals surface area contributed by atoms with Gasteiger partial charge in [0.2, 0.25) is 0 Å². The summed E-state index contributed by atoms with van der Waals surface area (Å²) in [4.78, 5) is 8.75. The molecular weight excluding hydrogens is 467 g/mol. The molecule has 2 aliphatic rings. The number of hydrogen-bond donors (Lipinski definition) is 2. The fourth-order valence-corrected chi connectivity index (χ4v) is 5.29. The summed E-state index contributed by atoms with van der Waals surface area (Å²) in [7, 11) is 1.73. The van der Waals surface area contributed by atoms with Crippen molar-refractivity contribution < 1.29 is 13.9 Å². The van der Waals surface area contributed by atoms with Crippen molar-refractivity contribution in [3.8, 4) is 11.1 Å². The fourth-order valence-electron chi connectivity index (χ4n) is 5.12. The number of hydrogen-bond acceptors (Lipinski definition) is 6. The molecule has 0 unspecified atom stereocenters. The molecule has 2 N–H and O–H groups in total. The minimum Gasteiger partial charge on any atom is -0.383 e. The maximum atomic E-state index is 14.8. The molecule has 0 radical (unpaired) electrons. The van der Waals surface area contributed by atoms with Gasteiger partial charge in [-0.2, -0.15) is 0 Å². The van der Waals surface area contributed by atoms with Crippen molar-refractivity contribution in [2.75, 3.05) is 45.3 Å². The molecule has 192 valence electrons. The van der Waals surface area contributed by atoms with E-state index in [-0.39, 0.29) is 11.2 Å². The van der Waals surface area contributed by atoms with Crippen LogP contribution in [0.15, 0.2) is 24.5 Å². The fraction of sp³-hybridized carbons (Fsp3) is 0.630. The summed E-state index contributed by atoms with van der Waals surface area (Å²) >= 11 is 6.38. The van der Waals surface area contributed by atoms with Crippen LogP contribution in [0, 0.1) is 17.2 Å². The first-order valence-electron chi connectivity index (χ1n) is 12.8. The van der Waals surface area contributed by atoms with Crippen LogP contribution < -0.4 is 10.6 Å². The molecule has 0 aromatic carbocycles. The van der Waals surface area contributed by atoms with Gasteiger partial charge in [-0.25, -0.2) is 9.37 Å². The van der Waals surface area contributed by atoms with Gasteiger partial charge >= 0.3 is 0 Å². The molecule has 2 aromatic heterocycles. The number of anilines is 1. The van der Waals surface area contributed by atoms with E-state index in [4.69, 9.17) is 21.1 Å². The molecule has 2 fully saturated rings. The highest BCUT2D eigenvalue weighted by Crippen LogP contribution is 2.34. The normalized spacial score (nSPS) is 22.2. The molecular formula is C27H38ClFN4O2. The Kier molecular flexibility index (Phi) is 9.34. The van der Waals surface area contributed by atoms with Gasteiger partial charge in [0.15, 0.2) is 5.15 Å². The molecule has 1 saturated carbocycles. The lowest BCUT2D eigenvalue weighted by Gasteiger charge is -2.34. The third kappa shape index (κ3) is 7.35. The highest BCUT2D eigenvalue weighted by molar-refractivity contribution is 6.32. The summed E-state index contributed by atoms with van der Waals surface area (Å²) in [5, 5.41) is 7.42. The Bertz CT molecular complexity index is 962. The van der Waals surface area contributed by atoms with E-state index in [2.05, 4.69) is 27.5 Å². The first-order chi connectivity index (χ1) is 17.0. The topological polar surface area (TPSA) is 68.3 Å². The average molecular weight is 505 g/mol. The standard InChI is InChI=1S/C27H38ClFN4O2/c1-27(7-10-35-11-8-27)18-33-25-14-20(16-32-26(25)28)23-15-22(31-17-24(23)29)13-19-3-5-21(6-4-19)30-9-12-34-2/h14-17,19,21,30,33H,3-13,18H2,1-2H3. The summed E-state index contributed by atoms with van der Waals surface area (Å²) in [6, 6.07) is 4.34. The van der Waals surface area contributed by atoms with Gasteiger partial charge in [0.25, 0.3) is 0 Å². The molecule has 4 rings (SSSR count). The van der Waals surface area contributed by atoms with E-state index in [0.29, 0.717) is 28.2 Å². The quantitative estimate of drug-likeness (QED) is 0.329. The van der Waals surface area contributed by atoms with Crippen LogP contribution in [0.2, 0.25) is 5.15 Å². The van der Waals surface area contributed by atoms with Gasteiger partial charge in [-0.05, 0) is 68.4 Å². The number of methoxy groups -OCH3 is 1. The zero-order valence-electron chi connectivity index (χ0n) is 20.9. The molecule has 2 aromatic rings. The third-order valence-electron chi connectivity index (χ3n) is 7.55. The second-order valence-electron chi connectivity index (χ2n) is 10.4. The van der Waals surface area contributed by atoms with Gasteiger partial charge in [-0.3, -0.25) is 4.98 Å². The Morgan fingerprint density at radius 1 is 1.14 bits per heavy atom. The van der Waals surface area contributed by atoms with E-state index in [0.717, 1.165) is 89.2 Å². The SMILES string of the molecule is COCCNC1CCC(Cc2cc(-c3cnc(Cl)c(NCC4(C)CCOCC4)c3)c(F)cn2)CC1. The third-order valence-corrected chi connectivity index (χ3v) is 7.85. The number of ether oxygens (including phenoxy) is 2. The van der Waals surface area contributed by atoms with Crippen LogP contribution in [-0.4, -0.2) is 56.0 Å². The summed E-state index contributed by atoms with van der Waals surface area (Å²) in [5.41, 5.74) is 3.03. The van der Waals surface area contributed by atoms with Crippen LogP contribution in [-0.2, 0) is 15.9 Å². The highest BCUT2D eigenvalue weighted by Gasteiger charge is 2.27. The number of rotatable bonds is 10. The van der Waals surface area contributed by atoms with Crippen molar-refractivity contribution in [3.63, 3.8) is 0 Å². The number of halogens is 2. The summed E-state index contributed by atoms with van der Waals surface area (Å²) < 4.78 is 25.5. The average Bonchev–Trinajstić information content (AvgIpc) is 2.86. The molecule has 0 amide bonds. The predicted molar refractivity (Wildman–Crippen MR) is 138 cm³/mol. The number of nitrogens with one attached hydrogen (secondary N) is 2. The smallest absolute Gasteiger partial charge is 0.152 e. The summed E-state index contributed by atoms with van der Waals surface area (Å²) in [6.07, 6.45) is 10.5. The second kappa shape index (κ2) is 12.4. The van der Waals surface area contributed by atoms with Crippen molar-refractivity contribution >= 4 is 17.3 Å². The van der Waals surface area contributed by atoms with E-state index in [1.165, 1.54) is 6.20 Å². The van der Waals surface area contributed by atoms with Gasteiger partial charge in [0, 0.05) is 62.5 Å². The number of pyridine rings is 2. The minimum absolute atomic E-state index is 0.144. The molecule has 1 saturated heterocycles. The largest absolute Gasteiger partial charge is 0.383 e. The molecule has 1 aliphatic carbocycles. The lowest BCUT2D eigenvalue weighted by molar-refractivity contribution is 0.0300. The van der Waals surface area contributed by atoms with Crippen molar-refractivity contribution in [2.24, 2.45) is 11.3 Å². The minimum atomic E-state index is -0.341. The van der Waals surface area contributed by atoms with Crippen LogP contribution in [0.1, 0.15) is 51.1 Å². The molecule has 0 spiro atoms. The Balaban J connectivity index is 1.40. The van der Waals surface area contributed by atoms with Crippen molar-refractivity contribution in [2.45, 2.75) is 57.9 Å². The number of aromatic nitrogens is 2. The zero-order valence-corrected chi connectivity index (χ0v) is 21.7. The molecule has 0 bridgehead atoms. The molecule has 35 heavy (non-hydrogen) atoms. The maximum absolute atomic E-state index is 14.8. The van der Waals surface area contributed by atoms with Crippen LogP contribution in [0.4, 0.5) is 10.1 Å². The van der Waals surface area contributed by atoms with Crippen molar-refractivity contribution in [1.29, 1.82) is 0 Å². The summed E-state index contributed by atoms with van der Waals surface area (Å²) in [6.45, 7) is 6.23. The number of nitrogens with zero attached hydrogens (tertiary/aromatic N) is 2. The lowest BCUT2D eigenvalue weighted by Crippen LogP contribution is -2.35. The molecule has 8 heteroatoms.